The van der Waals surface area contributed by atoms with Crippen LogP contribution in [0.3, 0.4) is 0 Å². The Morgan fingerprint density at radius 2 is 0.786 bits per heavy atom. The fourth-order valence-corrected chi connectivity index (χ4v) is 2.17. The molecule has 1 rings (SSSR count). The molecular weight excluding hydrogens is 317 g/mol. The minimum Gasteiger partial charge on any atom is -0.382 e. The number of hydrogen-bond donors (Lipinski definition) is 0. The molecule has 0 bridgehead atoms. The van der Waals surface area contributed by atoms with E-state index in [0.717, 1.165) is 0 Å². The fraction of sp³-hybridized carbons (Fsp3) is 0. The summed E-state index contributed by atoms with van der Waals surface area (Å²) >= 11 is 33.2. The van der Waals surface area contributed by atoms with Gasteiger partial charge in [-0.3, -0.25) is 0 Å². The monoisotopic (exact) mass is 314 g/mol. The van der Waals surface area contributed by atoms with Gasteiger partial charge in [0, 0.05) is 0 Å². The van der Waals surface area contributed by atoms with Gasteiger partial charge in [-0.05, 0) is 0 Å². The molecule has 1 aromatic carbocycles. The van der Waals surface area contributed by atoms with Gasteiger partial charge in [0.25, 0.3) is 0 Å². The Kier molecular flexibility index (Phi) is 4.56. The molecule has 1 aromatic rings. The Labute approximate surface area is 110 Å². The van der Waals surface area contributed by atoms with Crippen LogP contribution in [-0.4, -0.2) is 0 Å². The highest BCUT2D eigenvalue weighted by atomic mass is 35.5. The second-order valence-electron chi connectivity index (χ2n) is 2.07. The zero-order valence-electron chi connectivity index (χ0n) is 6.08. The van der Waals surface area contributed by atoms with Gasteiger partial charge >= 0.3 is 0 Å². The van der Waals surface area contributed by atoms with Gasteiger partial charge in [0.15, 0.2) is 11.5 Å². The zero-order valence-corrected chi connectivity index (χ0v) is 10.6. The molecule has 0 aliphatic carbocycles. The zero-order chi connectivity index (χ0) is 10.9. The molecule has 0 N–H and O–H groups in total. The van der Waals surface area contributed by atoms with Crippen LogP contribution in [0.1, 0.15) is 0 Å². The maximum atomic E-state index is 5.73. The quantitative estimate of drug-likeness (QED) is 0.683. The largest absolute Gasteiger partial charge is 0.382 e. The third kappa shape index (κ3) is 2.06. The van der Waals surface area contributed by atoms with E-state index in [1.807, 2.05) is 0 Å². The second-order valence-corrected chi connectivity index (χ2v) is 3.89. The van der Waals surface area contributed by atoms with Crippen LogP contribution >= 0.6 is 70.1 Å². The van der Waals surface area contributed by atoms with Crippen LogP contribution in [0, 0.1) is 0 Å². The van der Waals surface area contributed by atoms with E-state index in [2.05, 4.69) is 8.58 Å². The molecule has 14 heavy (non-hydrogen) atoms. The lowest BCUT2D eigenvalue weighted by molar-refractivity contribution is 0.602. The van der Waals surface area contributed by atoms with Crippen LogP contribution < -0.4 is 8.58 Å². The molecule has 0 radical (unpaired) electrons. The van der Waals surface area contributed by atoms with Crippen molar-refractivity contribution in [1.29, 1.82) is 0 Å². The van der Waals surface area contributed by atoms with Crippen LogP contribution in [-0.2, 0) is 0 Å². The average Bonchev–Trinajstić information content (AvgIpc) is 2.17. The summed E-state index contributed by atoms with van der Waals surface area (Å²) in [6, 6.07) is 0. The van der Waals surface area contributed by atoms with Crippen molar-refractivity contribution in [2.75, 3.05) is 0 Å². The van der Waals surface area contributed by atoms with Crippen molar-refractivity contribution in [3.8, 4) is 11.5 Å². The van der Waals surface area contributed by atoms with Crippen molar-refractivity contribution in [1.82, 2.24) is 0 Å². The van der Waals surface area contributed by atoms with Crippen LogP contribution in [0.15, 0.2) is 0 Å². The SMILES string of the molecule is ClOc1c(Cl)c(Cl)c(OCl)c(Cl)c1Cl. The van der Waals surface area contributed by atoms with E-state index in [1.165, 1.54) is 0 Å². The summed E-state index contributed by atoms with van der Waals surface area (Å²) in [6.07, 6.45) is 0. The number of halogens is 6. The van der Waals surface area contributed by atoms with Gasteiger partial charge in [-0.1, -0.05) is 46.4 Å². The lowest BCUT2D eigenvalue weighted by Crippen LogP contribution is -1.87. The fourth-order valence-electron chi connectivity index (χ4n) is 0.727. The number of benzene rings is 1. The third-order valence-electron chi connectivity index (χ3n) is 1.34. The molecule has 0 aromatic heterocycles. The number of rotatable bonds is 2. The van der Waals surface area contributed by atoms with Gasteiger partial charge in [-0.25, -0.2) is 0 Å². The topological polar surface area (TPSA) is 18.5 Å². The van der Waals surface area contributed by atoms with E-state index in [4.69, 9.17) is 70.1 Å². The van der Waals surface area contributed by atoms with Crippen molar-refractivity contribution in [3.63, 3.8) is 0 Å². The van der Waals surface area contributed by atoms with E-state index in [1.54, 1.807) is 0 Å². The van der Waals surface area contributed by atoms with E-state index in [9.17, 15) is 0 Å². The summed E-state index contributed by atoms with van der Waals surface area (Å²) in [6.45, 7) is 0. The van der Waals surface area contributed by atoms with Crippen molar-refractivity contribution in [2.45, 2.75) is 0 Å². The summed E-state index contributed by atoms with van der Waals surface area (Å²) in [5.41, 5.74) is 0. The normalized spacial score (nSPS) is 10.1. The predicted octanol–water partition coefficient (Wildman–Crippen LogP) is 5.37. The molecule has 0 amide bonds. The third-order valence-corrected chi connectivity index (χ3v) is 3.28. The molecule has 0 atom stereocenters. The van der Waals surface area contributed by atoms with E-state index in [0.29, 0.717) is 0 Å². The highest BCUT2D eigenvalue weighted by Crippen LogP contribution is 2.50. The second kappa shape index (κ2) is 5.06. The van der Waals surface area contributed by atoms with Crippen LogP contribution in [0.2, 0.25) is 20.1 Å². The Balaban J connectivity index is 3.55. The summed E-state index contributed by atoms with van der Waals surface area (Å²) in [5, 5.41) is -0.142. The molecule has 78 valence electrons. The minimum atomic E-state index is -0.0533. The molecule has 0 saturated carbocycles. The summed E-state index contributed by atoms with van der Waals surface area (Å²) in [4.78, 5) is 0. The first-order valence-electron chi connectivity index (χ1n) is 2.97. The molecule has 0 heterocycles. The molecule has 8 heteroatoms. The predicted molar refractivity (Wildman–Crippen MR) is 59.4 cm³/mol. The first-order valence-corrected chi connectivity index (χ1v) is 5.10. The minimum absolute atomic E-state index is 0.0354. The molecule has 0 unspecified atom stereocenters. The van der Waals surface area contributed by atoms with E-state index in [-0.39, 0.29) is 31.6 Å². The van der Waals surface area contributed by atoms with Gasteiger partial charge in [0.1, 0.15) is 43.8 Å². The Hall–Kier alpha value is 0.560. The lowest BCUT2D eigenvalue weighted by Gasteiger charge is -2.09. The first-order chi connectivity index (χ1) is 6.54. The Morgan fingerprint density at radius 1 is 0.571 bits per heavy atom. The first kappa shape index (κ1) is 12.6. The van der Waals surface area contributed by atoms with Crippen LogP contribution in [0.4, 0.5) is 0 Å². The van der Waals surface area contributed by atoms with Crippen molar-refractivity contribution < 1.29 is 8.58 Å². The van der Waals surface area contributed by atoms with Gasteiger partial charge in [0.05, 0.1) is 0 Å². The lowest BCUT2D eigenvalue weighted by atomic mass is 10.3. The average molecular weight is 317 g/mol. The highest BCUT2D eigenvalue weighted by Gasteiger charge is 2.22. The summed E-state index contributed by atoms with van der Waals surface area (Å²) < 4.78 is 8.76. The Bertz CT molecular complexity index is 302. The van der Waals surface area contributed by atoms with E-state index < -0.39 is 0 Å². The molecule has 2 nitrogen and oxygen atoms in total. The molecule has 0 spiro atoms. The standard InChI is InChI=1S/C6Cl6O2/c7-1-2(8)6(14-12)4(10)3(9)5(1)13-11. The van der Waals surface area contributed by atoms with Gasteiger partial charge in [0.2, 0.25) is 0 Å². The number of hydrogen-bond acceptors (Lipinski definition) is 2. The smallest absolute Gasteiger partial charge is 0.186 e. The maximum absolute atomic E-state index is 5.73. The molecule has 0 fully saturated rings. The maximum Gasteiger partial charge on any atom is 0.186 e. The molecule has 0 aliphatic heterocycles. The molecule has 0 aliphatic rings. The van der Waals surface area contributed by atoms with Crippen molar-refractivity contribution >= 4 is 70.1 Å². The Morgan fingerprint density at radius 3 is 0.929 bits per heavy atom. The highest BCUT2D eigenvalue weighted by molar-refractivity contribution is 6.50. The van der Waals surface area contributed by atoms with Gasteiger partial charge < -0.3 is 8.58 Å². The summed E-state index contributed by atoms with van der Waals surface area (Å²) in [5.74, 6) is -0.107. The van der Waals surface area contributed by atoms with E-state index >= 15 is 0 Å². The van der Waals surface area contributed by atoms with Crippen LogP contribution in [0.5, 0.6) is 11.5 Å². The molecule has 0 saturated heterocycles. The van der Waals surface area contributed by atoms with Gasteiger partial charge in [-0.2, -0.15) is 0 Å². The van der Waals surface area contributed by atoms with Crippen LogP contribution in [0.25, 0.3) is 0 Å². The summed E-state index contributed by atoms with van der Waals surface area (Å²) in [7, 11) is 0. The van der Waals surface area contributed by atoms with Crippen molar-refractivity contribution in [3.05, 3.63) is 20.1 Å². The van der Waals surface area contributed by atoms with Crippen molar-refractivity contribution in [2.24, 2.45) is 0 Å². The van der Waals surface area contributed by atoms with Gasteiger partial charge in [-0.15, -0.1) is 0 Å². The molecular formula is C6Cl6O2.